The topological polar surface area (TPSA) is 125 Å². The maximum absolute atomic E-state index is 12.2. The molecule has 1 amide bonds. The molecule has 0 aromatic heterocycles. The van der Waals surface area contributed by atoms with Crippen LogP contribution >= 0.6 is 0 Å². The monoisotopic (exact) mass is 421 g/mol. The van der Waals surface area contributed by atoms with Gasteiger partial charge in [0.2, 0.25) is 0 Å². The molecule has 0 bridgehead atoms. The van der Waals surface area contributed by atoms with Crippen LogP contribution in [0.25, 0.3) is 0 Å². The van der Waals surface area contributed by atoms with Crippen LogP contribution in [0.1, 0.15) is 21.5 Å². The Hall–Kier alpha value is -4.27. The highest BCUT2D eigenvalue weighted by Crippen LogP contribution is 2.22. The minimum atomic E-state index is -0.783. The van der Waals surface area contributed by atoms with E-state index < -0.39 is 27.1 Å². The summed E-state index contributed by atoms with van der Waals surface area (Å²) in [5.74, 6) is -0.0225. The molecule has 158 valence electrons. The molecule has 3 aromatic rings. The SMILES string of the molecule is O=C(NCCOc1ccc(Cc2ccccc2)cc1)c1cc([N+](=O)[O-])cc([N+](=O)[O-])c1. The lowest BCUT2D eigenvalue weighted by Crippen LogP contribution is -2.28. The standard InChI is InChI=1S/C22H19N3O6/c26-22(18-13-19(24(27)28)15-20(14-18)25(29)30)23-10-11-31-21-8-6-17(7-9-21)12-16-4-2-1-3-5-16/h1-9,13-15H,10-12H2,(H,23,26). The molecular formula is C22H19N3O6. The number of amides is 1. The van der Waals surface area contributed by atoms with Gasteiger partial charge in [0, 0.05) is 12.1 Å². The van der Waals surface area contributed by atoms with Crippen molar-refractivity contribution in [3.05, 3.63) is 110 Å². The Morgan fingerprint density at radius 2 is 1.42 bits per heavy atom. The molecule has 0 fully saturated rings. The zero-order valence-corrected chi connectivity index (χ0v) is 16.4. The number of ether oxygens (including phenoxy) is 1. The van der Waals surface area contributed by atoms with Gasteiger partial charge in [-0.25, -0.2) is 0 Å². The van der Waals surface area contributed by atoms with Gasteiger partial charge < -0.3 is 10.1 Å². The van der Waals surface area contributed by atoms with Gasteiger partial charge in [-0.05, 0) is 29.7 Å². The van der Waals surface area contributed by atoms with E-state index in [1.165, 1.54) is 5.56 Å². The number of benzene rings is 3. The number of nitro benzene ring substituents is 2. The number of nitro groups is 2. The average molecular weight is 421 g/mol. The van der Waals surface area contributed by atoms with E-state index in [1.54, 1.807) is 0 Å². The largest absolute Gasteiger partial charge is 0.492 e. The summed E-state index contributed by atoms with van der Waals surface area (Å²) in [5.41, 5.74) is 1.14. The Morgan fingerprint density at radius 1 is 0.839 bits per heavy atom. The number of hydrogen-bond acceptors (Lipinski definition) is 6. The van der Waals surface area contributed by atoms with Crippen molar-refractivity contribution in [1.29, 1.82) is 0 Å². The van der Waals surface area contributed by atoms with Gasteiger partial charge >= 0.3 is 0 Å². The maximum Gasteiger partial charge on any atom is 0.277 e. The Kier molecular flexibility index (Phi) is 6.89. The van der Waals surface area contributed by atoms with Crippen LogP contribution in [-0.4, -0.2) is 28.9 Å². The lowest BCUT2D eigenvalue weighted by molar-refractivity contribution is -0.394. The molecule has 0 unspecified atom stereocenters. The smallest absolute Gasteiger partial charge is 0.277 e. The fourth-order valence-electron chi connectivity index (χ4n) is 2.91. The van der Waals surface area contributed by atoms with Crippen molar-refractivity contribution in [3.63, 3.8) is 0 Å². The van der Waals surface area contributed by atoms with Gasteiger partial charge in [0.1, 0.15) is 12.4 Å². The van der Waals surface area contributed by atoms with Crippen molar-refractivity contribution in [2.75, 3.05) is 13.2 Å². The maximum atomic E-state index is 12.2. The summed E-state index contributed by atoms with van der Waals surface area (Å²) < 4.78 is 5.59. The fraction of sp³-hybridized carbons (Fsp3) is 0.136. The summed E-state index contributed by atoms with van der Waals surface area (Å²) >= 11 is 0. The molecule has 3 rings (SSSR count). The van der Waals surface area contributed by atoms with Crippen molar-refractivity contribution in [3.8, 4) is 5.75 Å². The van der Waals surface area contributed by atoms with E-state index in [4.69, 9.17) is 4.74 Å². The zero-order chi connectivity index (χ0) is 22.2. The summed E-state index contributed by atoms with van der Waals surface area (Å²) in [5, 5.41) is 24.4. The van der Waals surface area contributed by atoms with Crippen molar-refractivity contribution in [2.45, 2.75) is 6.42 Å². The molecule has 31 heavy (non-hydrogen) atoms. The van der Waals surface area contributed by atoms with Gasteiger partial charge in [-0.3, -0.25) is 25.0 Å². The van der Waals surface area contributed by atoms with Crippen LogP contribution in [0.5, 0.6) is 5.75 Å². The van der Waals surface area contributed by atoms with Crippen molar-refractivity contribution < 1.29 is 19.4 Å². The predicted octanol–water partition coefficient (Wildman–Crippen LogP) is 3.90. The Labute approximate surface area is 177 Å². The molecule has 0 atom stereocenters. The minimum Gasteiger partial charge on any atom is -0.492 e. The lowest BCUT2D eigenvalue weighted by Gasteiger charge is -2.09. The molecule has 0 saturated heterocycles. The number of carbonyl (C=O) groups is 1. The van der Waals surface area contributed by atoms with Gasteiger partial charge in [-0.15, -0.1) is 0 Å². The molecule has 0 saturated carbocycles. The summed E-state index contributed by atoms with van der Waals surface area (Å²) in [6.07, 6.45) is 0.812. The highest BCUT2D eigenvalue weighted by atomic mass is 16.6. The predicted molar refractivity (Wildman–Crippen MR) is 113 cm³/mol. The number of non-ortho nitro benzene ring substituents is 2. The summed E-state index contributed by atoms with van der Waals surface area (Å²) in [7, 11) is 0. The van der Waals surface area contributed by atoms with Crippen LogP contribution in [-0.2, 0) is 6.42 Å². The van der Waals surface area contributed by atoms with E-state index in [0.29, 0.717) is 5.75 Å². The third kappa shape index (κ3) is 6.10. The first kappa shape index (κ1) is 21.4. The van der Waals surface area contributed by atoms with Crippen LogP contribution < -0.4 is 10.1 Å². The molecule has 9 heteroatoms. The second kappa shape index (κ2) is 9.97. The van der Waals surface area contributed by atoms with Gasteiger partial charge in [0.05, 0.1) is 28.0 Å². The average Bonchev–Trinajstić information content (AvgIpc) is 2.78. The fourth-order valence-corrected chi connectivity index (χ4v) is 2.91. The number of nitrogens with one attached hydrogen (secondary N) is 1. The lowest BCUT2D eigenvalue weighted by atomic mass is 10.1. The van der Waals surface area contributed by atoms with Crippen LogP contribution in [0, 0.1) is 20.2 Å². The number of carbonyl (C=O) groups excluding carboxylic acids is 1. The third-order valence-corrected chi connectivity index (χ3v) is 4.42. The Bertz CT molecular complexity index is 1050. The molecule has 3 aromatic carbocycles. The van der Waals surface area contributed by atoms with Crippen LogP contribution in [0.2, 0.25) is 0 Å². The molecule has 9 nitrogen and oxygen atoms in total. The van der Waals surface area contributed by atoms with Crippen molar-refractivity contribution >= 4 is 17.3 Å². The van der Waals surface area contributed by atoms with Crippen LogP contribution in [0.15, 0.2) is 72.8 Å². The molecule has 0 aliphatic rings. The number of hydrogen-bond donors (Lipinski definition) is 1. The van der Waals surface area contributed by atoms with Crippen LogP contribution in [0.3, 0.4) is 0 Å². The van der Waals surface area contributed by atoms with Gasteiger partial charge in [-0.2, -0.15) is 0 Å². The first-order valence-corrected chi connectivity index (χ1v) is 9.40. The van der Waals surface area contributed by atoms with Gasteiger partial charge in [0.15, 0.2) is 0 Å². The highest BCUT2D eigenvalue weighted by molar-refractivity contribution is 5.95. The number of rotatable bonds is 9. The second-order valence-electron chi connectivity index (χ2n) is 6.66. The van der Waals surface area contributed by atoms with E-state index in [-0.39, 0.29) is 18.7 Å². The quantitative estimate of drug-likeness (QED) is 0.317. The summed E-state index contributed by atoms with van der Waals surface area (Å²) in [4.78, 5) is 32.5. The first-order chi connectivity index (χ1) is 14.9. The summed E-state index contributed by atoms with van der Waals surface area (Å²) in [6.45, 7) is 0.294. The first-order valence-electron chi connectivity index (χ1n) is 9.40. The highest BCUT2D eigenvalue weighted by Gasteiger charge is 2.19. The van der Waals surface area contributed by atoms with E-state index in [1.807, 2.05) is 42.5 Å². The van der Waals surface area contributed by atoms with Gasteiger partial charge in [0.25, 0.3) is 17.3 Å². The zero-order valence-electron chi connectivity index (χ0n) is 16.4. The molecule has 0 spiro atoms. The molecule has 0 aliphatic heterocycles. The van der Waals surface area contributed by atoms with Crippen molar-refractivity contribution in [2.24, 2.45) is 0 Å². The van der Waals surface area contributed by atoms with E-state index in [2.05, 4.69) is 17.4 Å². The normalized spacial score (nSPS) is 10.3. The van der Waals surface area contributed by atoms with E-state index >= 15 is 0 Å². The third-order valence-electron chi connectivity index (χ3n) is 4.42. The van der Waals surface area contributed by atoms with E-state index in [9.17, 15) is 25.0 Å². The second-order valence-corrected chi connectivity index (χ2v) is 6.66. The van der Waals surface area contributed by atoms with E-state index in [0.717, 1.165) is 30.2 Å². The van der Waals surface area contributed by atoms with Crippen LogP contribution in [0.4, 0.5) is 11.4 Å². The summed E-state index contributed by atoms with van der Waals surface area (Å²) in [6, 6.07) is 20.5. The Balaban J connectivity index is 1.51. The molecular weight excluding hydrogens is 402 g/mol. The number of nitrogens with zero attached hydrogens (tertiary/aromatic N) is 2. The molecule has 0 aliphatic carbocycles. The Morgan fingerprint density at radius 3 is 2.00 bits per heavy atom. The molecule has 0 heterocycles. The minimum absolute atomic E-state index is 0.126. The molecule has 0 radical (unpaired) electrons. The van der Waals surface area contributed by atoms with Crippen molar-refractivity contribution in [1.82, 2.24) is 5.32 Å². The van der Waals surface area contributed by atoms with Gasteiger partial charge in [-0.1, -0.05) is 42.5 Å². The molecule has 1 N–H and O–H groups in total.